The Morgan fingerprint density at radius 3 is 0.943 bits per heavy atom. The number of amides is 1. The summed E-state index contributed by atoms with van der Waals surface area (Å²) in [7, 11) is -14.5. The number of alkyl carbamates (subject to hydrolysis) is 1. The van der Waals surface area contributed by atoms with E-state index in [0.717, 1.165) is 127 Å². The number of likely N-dealkylation sites (N-methyl/N-ethyl adjacent to an activating group) is 1. The minimum absolute atomic E-state index is 0.00789. The van der Waals surface area contributed by atoms with E-state index in [9.17, 15) is 60.2 Å². The Balaban J connectivity index is 0.000000135. The fourth-order valence-electron chi connectivity index (χ4n) is 16.6. The molecule has 33 nitrogen and oxygen atoms in total. The third-order valence-corrected chi connectivity index (χ3v) is 32.3. The Labute approximate surface area is 824 Å². The molecule has 3 fully saturated rings. The number of nitrogens with one attached hydrogen (secondary N) is 5. The van der Waals surface area contributed by atoms with Gasteiger partial charge in [-0.1, -0.05) is 156 Å². The first kappa shape index (κ1) is 100. The van der Waals surface area contributed by atoms with Crippen LogP contribution in [-0.4, -0.2) is 176 Å². The van der Waals surface area contributed by atoms with Gasteiger partial charge in [-0.15, -0.1) is 0 Å². The predicted octanol–water partition coefficient (Wildman–Crippen LogP) is 17.8. The normalized spacial score (nSPS) is 17.1. The molecule has 0 radical (unpaired) electrons. The number of carbonyl (C=O) groups excluding carboxylic acids is 1. The Morgan fingerprint density at radius 1 is 0.386 bits per heavy atom. The Bertz CT molecular complexity index is 7940. The number of halogens is 8. The van der Waals surface area contributed by atoms with Crippen LogP contribution in [0.5, 0.6) is 0 Å². The molecule has 0 spiro atoms. The average Bonchev–Trinajstić information content (AvgIpc) is 1.61. The molecule has 7 N–H and O–H groups in total. The van der Waals surface area contributed by atoms with Gasteiger partial charge in [0.05, 0.1) is 88.4 Å². The van der Waals surface area contributed by atoms with E-state index in [4.69, 9.17) is 56.9 Å². The van der Waals surface area contributed by atoms with E-state index in [1.807, 2.05) is 34.7 Å². The van der Waals surface area contributed by atoms with Gasteiger partial charge in [0.25, 0.3) is 40.1 Å². The van der Waals surface area contributed by atoms with Crippen LogP contribution >= 0.6 is 46.4 Å². The van der Waals surface area contributed by atoms with E-state index >= 15 is 0 Å². The van der Waals surface area contributed by atoms with Crippen LogP contribution in [0.4, 0.5) is 39.8 Å². The molecular formula is C94H90Cl4F4N22O11S5. The second-order valence-corrected chi connectivity index (χ2v) is 43.9. The van der Waals surface area contributed by atoms with E-state index in [2.05, 4.69) is 86.4 Å². The minimum atomic E-state index is -4.03. The van der Waals surface area contributed by atoms with Crippen molar-refractivity contribution in [2.75, 3.05) is 36.4 Å². The van der Waals surface area contributed by atoms with Crippen molar-refractivity contribution in [3.05, 3.63) is 261 Å². The molecule has 0 saturated heterocycles. The standard InChI is InChI=1S/C26H26ClFN6O4S.C25H26ClFN6O2S.C24H24ClFN6O2S.C19H14ClFN4O3S2/c1-15-7-9-17(10-8-15)39(36,37)34-14-19(18-11-16(27)12-30-25(18)34)23-29-13-20(28)24(33-23)31-21-5-3-4-6-22(21)32-26(35)38-2;1-15-7-9-17(10-8-15)36(34,35)33-14-19(18-11-16(26)12-30-25(18)33)23-29-13-20(27)24(32-23)31-22-6-4-3-5-21(22)28-2;1-14-6-8-16(9-7-14)35(33,34)32-13-18(17-10-15(25)11-29-24(17)32)22-28-12-19(26)23(31-22)30-21-5-3-2-4-20(21)27;1-11-3-5-13(6-4-11)30(27,28)25-10-15(14-7-12(20)8-23-18(14)25)17-22-9-16(21)19(24-17)29(2)26/h7-14,21-22H,3-6H2,1-2H3,(H,32,35)(H,29,31,33);7-14,21-22,28H,3-6H2,1-2H3,(H,29,31,32);6-13,20-21H,2-5,27H2,1H3,(H,28,30,31);3-10H,1-2H3/t2*21-,22-;20-,21-;/m000./s1. The van der Waals surface area contributed by atoms with Crippen LogP contribution < -0.4 is 32.3 Å². The minimum Gasteiger partial charge on any atom is -0.453 e. The number of hydrogen-bond donors (Lipinski definition) is 6. The number of aromatic nitrogens is 16. The van der Waals surface area contributed by atoms with E-state index in [0.29, 0.717) is 61.1 Å². The van der Waals surface area contributed by atoms with Crippen LogP contribution in [0, 0.1) is 51.0 Å². The maximum atomic E-state index is 14.9. The van der Waals surface area contributed by atoms with Crippen molar-refractivity contribution in [1.29, 1.82) is 0 Å². The molecule has 16 aromatic rings. The van der Waals surface area contributed by atoms with E-state index in [-0.39, 0.29) is 140 Å². The van der Waals surface area contributed by atoms with Crippen molar-refractivity contribution < 1.29 is 65.0 Å². The van der Waals surface area contributed by atoms with Gasteiger partial charge in [0, 0.05) is 130 Å². The fourth-order valence-corrected chi connectivity index (χ4v) is 23.1. The van der Waals surface area contributed by atoms with Crippen LogP contribution in [0.15, 0.2) is 220 Å². The van der Waals surface area contributed by atoms with E-state index < -0.39 is 80.3 Å². The summed E-state index contributed by atoms with van der Waals surface area (Å²) in [6, 6.07) is 31.6. The summed E-state index contributed by atoms with van der Waals surface area (Å²) in [6.07, 6.45) is 26.6. The summed E-state index contributed by atoms with van der Waals surface area (Å²) in [5.74, 6) is -2.26. The van der Waals surface area contributed by atoms with Gasteiger partial charge in [-0.2, -0.15) is 0 Å². The molecule has 19 rings (SSSR count). The highest BCUT2D eigenvalue weighted by Crippen LogP contribution is 2.40. The first-order valence-electron chi connectivity index (χ1n) is 43.8. The first-order chi connectivity index (χ1) is 66.9. The van der Waals surface area contributed by atoms with Crippen LogP contribution in [0.3, 0.4) is 0 Å². The van der Waals surface area contributed by atoms with Gasteiger partial charge in [-0.25, -0.2) is 132 Å². The maximum Gasteiger partial charge on any atom is 0.407 e. The Hall–Kier alpha value is -12.6. The highest BCUT2D eigenvalue weighted by Gasteiger charge is 2.35. The van der Waals surface area contributed by atoms with E-state index in [1.54, 1.807) is 78.9 Å². The number of fused-ring (bicyclic) bond motifs is 4. The van der Waals surface area contributed by atoms with Crippen LogP contribution in [0.1, 0.15) is 99.3 Å². The fraction of sp³-hybridized carbons (Fsp3) is 0.266. The van der Waals surface area contributed by atoms with Crippen molar-refractivity contribution in [1.82, 2.24) is 86.3 Å². The molecule has 46 heteroatoms. The van der Waals surface area contributed by atoms with Gasteiger partial charge in [0.2, 0.25) is 0 Å². The summed E-state index contributed by atoms with van der Waals surface area (Å²) in [4.78, 5) is 62.9. The maximum absolute atomic E-state index is 14.9. The molecular weight excluding hydrogens is 1990 g/mol. The third-order valence-electron chi connectivity index (χ3n) is 24.0. The van der Waals surface area contributed by atoms with Crippen molar-refractivity contribution >= 4 is 165 Å². The lowest BCUT2D eigenvalue weighted by Crippen LogP contribution is -2.48. The number of benzene rings is 4. The molecule has 12 heterocycles. The number of methoxy groups -OCH3 is 1. The van der Waals surface area contributed by atoms with Crippen molar-refractivity contribution in [3.63, 3.8) is 0 Å². The van der Waals surface area contributed by atoms with Gasteiger partial charge in [0.15, 0.2) is 91.6 Å². The monoisotopic (exact) mass is 2080 g/mol. The summed E-state index contributed by atoms with van der Waals surface area (Å²) in [5.41, 5.74) is 11.8. The summed E-state index contributed by atoms with van der Waals surface area (Å²) in [6.45, 7) is 7.47. The van der Waals surface area contributed by atoms with Crippen molar-refractivity contribution in [2.24, 2.45) is 5.73 Å². The zero-order valence-electron chi connectivity index (χ0n) is 75.7. The largest absolute Gasteiger partial charge is 0.453 e. The second kappa shape index (κ2) is 42.0. The molecule has 7 atom stereocenters. The van der Waals surface area contributed by atoms with E-state index in [1.165, 1.54) is 105 Å². The summed E-state index contributed by atoms with van der Waals surface area (Å²) in [5, 5.41) is 18.1. The number of nitrogens with zero attached hydrogens (tertiary/aromatic N) is 16. The number of ether oxygens (including phenoxy) is 1. The van der Waals surface area contributed by atoms with Gasteiger partial charge in [-0.05, 0) is 146 Å². The van der Waals surface area contributed by atoms with Crippen LogP contribution in [0.2, 0.25) is 20.1 Å². The SMILES string of the molecule is CN[C@H]1CCCC[C@@H]1Nc1nc(-c2cn(S(=O)(=O)c3ccc(C)cc3)c3ncc(Cl)cc23)ncc1F.COC(=O)N[C@H]1CCCC[C@@H]1Nc1nc(-c2cn(S(=O)(=O)c3ccc(C)cc3)c3ncc(Cl)cc23)ncc1F.Cc1ccc(S(=O)(=O)n2cc(-c3ncc(F)c(N[C@H]4CCCC[C@@H]4N)n3)c3cc(Cl)cnc32)cc1.Cc1ccc(S(=O)(=O)n2cc(-c3ncc(F)c(S(C)=O)n3)c3cc(Cl)cnc32)cc1. The highest BCUT2D eigenvalue weighted by atomic mass is 35.5. The van der Waals surface area contributed by atoms with Crippen LogP contribution in [-0.2, 0) is 55.6 Å². The highest BCUT2D eigenvalue weighted by molar-refractivity contribution is 7.91. The van der Waals surface area contributed by atoms with Gasteiger partial charge in [0.1, 0.15) is 0 Å². The van der Waals surface area contributed by atoms with Crippen molar-refractivity contribution in [2.45, 2.75) is 166 Å². The molecule has 0 aliphatic heterocycles. The smallest absolute Gasteiger partial charge is 0.407 e. The lowest BCUT2D eigenvalue weighted by molar-refractivity contribution is 0.161. The zero-order valence-corrected chi connectivity index (χ0v) is 82.8. The molecule has 1 unspecified atom stereocenters. The third kappa shape index (κ3) is 21.5. The number of anilines is 3. The number of carbonyl (C=O) groups is 1. The molecule has 3 aliphatic carbocycles. The molecule has 0 bridgehead atoms. The predicted molar refractivity (Wildman–Crippen MR) is 528 cm³/mol. The molecule has 3 saturated carbocycles. The summed E-state index contributed by atoms with van der Waals surface area (Å²) < 4.78 is 187. The van der Waals surface area contributed by atoms with Gasteiger partial charge < -0.3 is 37.1 Å². The average molecular weight is 2080 g/mol. The number of hydrogen-bond acceptors (Lipinski definition) is 28. The quantitative estimate of drug-likeness (QED) is 0.0287. The number of rotatable bonds is 21. The summed E-state index contributed by atoms with van der Waals surface area (Å²) >= 11 is 24.7. The van der Waals surface area contributed by atoms with Crippen molar-refractivity contribution in [3.8, 4) is 45.6 Å². The first-order valence-corrected chi connectivity index (χ1v) is 52.7. The molecule has 1 amide bonds. The van der Waals surface area contributed by atoms with Gasteiger partial charge >= 0.3 is 6.09 Å². The molecule has 140 heavy (non-hydrogen) atoms. The molecule has 728 valence electrons. The number of nitrogens with two attached hydrogens (primary N) is 1. The van der Waals surface area contributed by atoms with Crippen LogP contribution in [0.25, 0.3) is 89.7 Å². The number of pyridine rings is 4. The Morgan fingerprint density at radius 2 is 0.650 bits per heavy atom. The second-order valence-electron chi connectivity index (χ2n) is 33.6. The zero-order chi connectivity index (χ0) is 99.6. The molecule has 3 aliphatic rings. The van der Waals surface area contributed by atoms with Gasteiger partial charge in [-0.3, -0.25) is 4.21 Å². The molecule has 12 aromatic heterocycles. The molecule has 4 aromatic carbocycles. The lowest BCUT2D eigenvalue weighted by Gasteiger charge is -2.32. The Kier molecular flexibility index (Phi) is 30.1. The topological polar surface area (TPSA) is 440 Å². The lowest BCUT2D eigenvalue weighted by atomic mass is 9.90. The number of aryl methyl sites for hydroxylation is 4.